The maximum absolute atomic E-state index is 13.8. The van der Waals surface area contributed by atoms with Crippen LogP contribution >= 0.6 is 11.3 Å². The molecular weight excluding hydrogens is 473 g/mol. The lowest BCUT2D eigenvalue weighted by atomic mass is 10.1. The Morgan fingerprint density at radius 3 is 2.64 bits per heavy atom. The van der Waals surface area contributed by atoms with E-state index in [1.54, 1.807) is 17.4 Å². The molecule has 36 heavy (non-hydrogen) atoms. The second kappa shape index (κ2) is 9.21. The summed E-state index contributed by atoms with van der Waals surface area (Å²) in [6.07, 6.45) is 0.902. The molecule has 2 amide bonds. The Labute approximate surface area is 213 Å². The van der Waals surface area contributed by atoms with Crippen LogP contribution in [-0.2, 0) is 11.3 Å². The summed E-state index contributed by atoms with van der Waals surface area (Å²) in [7, 11) is 0. The summed E-state index contributed by atoms with van der Waals surface area (Å²) in [5.41, 5.74) is 2.66. The van der Waals surface area contributed by atoms with Crippen molar-refractivity contribution in [2.75, 3.05) is 19.6 Å². The number of piperazine rings is 1. The average molecular weight is 502 g/mol. The molecule has 5 nitrogen and oxygen atoms in total. The van der Waals surface area contributed by atoms with E-state index in [-0.39, 0.29) is 29.6 Å². The minimum atomic E-state index is -0.283. The van der Waals surface area contributed by atoms with Crippen LogP contribution in [0.25, 0.3) is 10.2 Å². The van der Waals surface area contributed by atoms with E-state index in [1.807, 2.05) is 63.1 Å². The van der Waals surface area contributed by atoms with Gasteiger partial charge in [-0.3, -0.25) is 9.59 Å². The van der Waals surface area contributed by atoms with Crippen LogP contribution in [-0.4, -0.2) is 51.9 Å². The number of hydrogen-bond donors (Lipinski definition) is 0. The molecule has 2 aromatic heterocycles. The number of benzene rings is 2. The van der Waals surface area contributed by atoms with E-state index in [0.717, 1.165) is 22.2 Å². The summed E-state index contributed by atoms with van der Waals surface area (Å²) in [5.74, 6) is 0.243. The number of rotatable bonds is 5. The van der Waals surface area contributed by atoms with Crippen molar-refractivity contribution in [2.45, 2.75) is 31.8 Å². The number of carbonyl (C=O) groups excluding carboxylic acids is 2. The molecular formula is C29H28FN3O2S. The summed E-state index contributed by atoms with van der Waals surface area (Å²) < 4.78 is 15.8. The van der Waals surface area contributed by atoms with Crippen LogP contribution in [0.5, 0.6) is 0 Å². The second-order valence-corrected chi connectivity index (χ2v) is 10.8. The van der Waals surface area contributed by atoms with Crippen LogP contribution in [0.1, 0.15) is 40.9 Å². The number of carbonyl (C=O) groups is 2. The van der Waals surface area contributed by atoms with Crippen molar-refractivity contribution in [1.29, 1.82) is 0 Å². The smallest absolute Gasteiger partial charge is 0.270 e. The molecule has 7 heteroatoms. The molecule has 3 atom stereocenters. The van der Waals surface area contributed by atoms with Gasteiger partial charge in [0, 0.05) is 43.5 Å². The first kappa shape index (κ1) is 23.0. The van der Waals surface area contributed by atoms with Gasteiger partial charge in [-0.15, -0.1) is 11.3 Å². The Hall–Kier alpha value is -3.45. The lowest BCUT2D eigenvalue weighted by Gasteiger charge is -2.40. The normalized spacial score (nSPS) is 21.7. The van der Waals surface area contributed by atoms with Gasteiger partial charge in [0.15, 0.2) is 0 Å². The van der Waals surface area contributed by atoms with Gasteiger partial charge in [-0.05, 0) is 60.0 Å². The first-order valence-electron chi connectivity index (χ1n) is 12.5. The molecule has 0 spiro atoms. The van der Waals surface area contributed by atoms with Crippen LogP contribution in [0.4, 0.5) is 4.39 Å². The average Bonchev–Trinajstić information content (AvgIpc) is 3.44. The number of aromatic nitrogens is 1. The highest BCUT2D eigenvalue weighted by Crippen LogP contribution is 2.48. The third-order valence-corrected chi connectivity index (χ3v) is 8.44. The van der Waals surface area contributed by atoms with Crippen molar-refractivity contribution < 1.29 is 14.0 Å². The molecule has 0 radical (unpaired) electrons. The van der Waals surface area contributed by atoms with Crippen molar-refractivity contribution in [2.24, 2.45) is 5.92 Å². The Balaban J connectivity index is 1.17. The summed E-state index contributed by atoms with van der Waals surface area (Å²) in [4.78, 5) is 31.8. The van der Waals surface area contributed by atoms with Crippen molar-refractivity contribution in [3.8, 4) is 0 Å². The Morgan fingerprint density at radius 2 is 1.86 bits per heavy atom. The topological polar surface area (TPSA) is 45.6 Å². The fourth-order valence-corrected chi connectivity index (χ4v) is 6.40. The number of amides is 2. The van der Waals surface area contributed by atoms with Gasteiger partial charge in [0.2, 0.25) is 5.91 Å². The Bertz CT molecular complexity index is 1430. The van der Waals surface area contributed by atoms with Crippen LogP contribution < -0.4 is 0 Å². The van der Waals surface area contributed by atoms with E-state index in [2.05, 4.69) is 12.1 Å². The number of thiophene rings is 1. The molecule has 1 aliphatic carbocycles. The van der Waals surface area contributed by atoms with Gasteiger partial charge >= 0.3 is 0 Å². The SMILES string of the molecule is C[C@@H]1CN(C(=O)c2cc3ccsc3n2Cc2cccc(F)c2)CCN1C(=O)[C@H]1C[C@H]1c1ccccc1. The molecule has 3 heterocycles. The van der Waals surface area contributed by atoms with E-state index >= 15 is 0 Å². The summed E-state index contributed by atoms with van der Waals surface area (Å²) in [5, 5.41) is 3.02. The largest absolute Gasteiger partial charge is 0.336 e. The van der Waals surface area contributed by atoms with E-state index in [1.165, 1.54) is 17.7 Å². The van der Waals surface area contributed by atoms with Crippen molar-refractivity contribution >= 4 is 33.4 Å². The zero-order valence-corrected chi connectivity index (χ0v) is 21.0. The molecule has 0 unspecified atom stereocenters. The second-order valence-electron chi connectivity index (χ2n) is 9.92. The Kier molecular flexibility index (Phi) is 5.88. The molecule has 1 aliphatic heterocycles. The number of halogens is 1. The quantitative estimate of drug-likeness (QED) is 0.369. The van der Waals surface area contributed by atoms with Gasteiger partial charge in [0.05, 0.1) is 0 Å². The zero-order chi connectivity index (χ0) is 24.8. The molecule has 1 saturated carbocycles. The van der Waals surface area contributed by atoms with E-state index < -0.39 is 0 Å². The maximum atomic E-state index is 13.8. The van der Waals surface area contributed by atoms with Gasteiger partial charge in [-0.2, -0.15) is 0 Å². The minimum Gasteiger partial charge on any atom is -0.336 e. The van der Waals surface area contributed by atoms with Crippen molar-refractivity contribution in [3.05, 3.63) is 94.7 Å². The van der Waals surface area contributed by atoms with Crippen LogP contribution in [0.2, 0.25) is 0 Å². The molecule has 0 N–H and O–H groups in total. The molecule has 0 bridgehead atoms. The number of fused-ring (bicyclic) bond motifs is 1. The van der Waals surface area contributed by atoms with E-state index in [0.29, 0.717) is 37.8 Å². The molecule has 6 rings (SSSR count). The predicted molar refractivity (Wildman–Crippen MR) is 140 cm³/mol. The third-order valence-electron chi connectivity index (χ3n) is 7.48. The lowest BCUT2D eigenvalue weighted by Crippen LogP contribution is -2.56. The van der Waals surface area contributed by atoms with Gasteiger partial charge in [-0.1, -0.05) is 42.5 Å². The maximum Gasteiger partial charge on any atom is 0.270 e. The van der Waals surface area contributed by atoms with Crippen LogP contribution in [0.15, 0.2) is 72.1 Å². The van der Waals surface area contributed by atoms with E-state index in [4.69, 9.17) is 0 Å². The highest BCUT2D eigenvalue weighted by atomic mass is 32.1. The van der Waals surface area contributed by atoms with Crippen LogP contribution in [0.3, 0.4) is 0 Å². The molecule has 4 aromatic rings. The standard InChI is InChI=1S/C29H28FN3O2S/c1-19-17-31(11-12-32(19)27(34)25-16-24(25)21-7-3-2-4-8-21)28(35)26-15-22-10-13-36-29(22)33(26)18-20-6-5-9-23(30)14-20/h2-10,13-15,19,24-25H,11-12,16-18H2,1H3/t19-,24+,25+/m1/s1. The van der Waals surface area contributed by atoms with Gasteiger partial charge < -0.3 is 14.4 Å². The highest BCUT2D eigenvalue weighted by molar-refractivity contribution is 7.16. The molecule has 2 aliphatic rings. The zero-order valence-electron chi connectivity index (χ0n) is 20.1. The first-order valence-corrected chi connectivity index (χ1v) is 13.3. The Morgan fingerprint density at radius 1 is 1.03 bits per heavy atom. The monoisotopic (exact) mass is 501 g/mol. The molecule has 184 valence electrons. The van der Waals surface area contributed by atoms with Gasteiger partial charge in [0.25, 0.3) is 5.91 Å². The lowest BCUT2D eigenvalue weighted by molar-refractivity contribution is -0.136. The molecule has 2 aromatic carbocycles. The first-order chi connectivity index (χ1) is 17.5. The fraction of sp³-hybridized carbons (Fsp3) is 0.310. The third kappa shape index (κ3) is 4.22. The summed E-state index contributed by atoms with van der Waals surface area (Å²) in [6.45, 7) is 4.02. The summed E-state index contributed by atoms with van der Waals surface area (Å²) in [6, 6.07) is 20.7. The van der Waals surface area contributed by atoms with Crippen molar-refractivity contribution in [3.63, 3.8) is 0 Å². The fourth-order valence-electron chi connectivity index (χ4n) is 5.51. The molecule has 1 saturated heterocycles. The van der Waals surface area contributed by atoms with E-state index in [9.17, 15) is 14.0 Å². The highest BCUT2D eigenvalue weighted by Gasteiger charge is 2.47. The van der Waals surface area contributed by atoms with Gasteiger partial charge in [-0.25, -0.2) is 4.39 Å². The predicted octanol–water partition coefficient (Wildman–Crippen LogP) is 5.37. The van der Waals surface area contributed by atoms with Crippen molar-refractivity contribution in [1.82, 2.24) is 14.4 Å². The van der Waals surface area contributed by atoms with Crippen LogP contribution in [0, 0.1) is 11.7 Å². The molecule has 2 fully saturated rings. The minimum absolute atomic E-state index is 0.0395. The van der Waals surface area contributed by atoms with Gasteiger partial charge in [0.1, 0.15) is 16.3 Å². The summed E-state index contributed by atoms with van der Waals surface area (Å²) >= 11 is 1.58. The number of nitrogens with zero attached hydrogens (tertiary/aromatic N) is 3. The number of hydrogen-bond acceptors (Lipinski definition) is 3.